The summed E-state index contributed by atoms with van der Waals surface area (Å²) in [6.45, 7) is 2.46. The largest absolute Gasteiger partial charge is 0.506 e. The molecule has 10 heteroatoms. The van der Waals surface area contributed by atoms with Crippen molar-refractivity contribution in [3.63, 3.8) is 0 Å². The zero-order valence-corrected chi connectivity index (χ0v) is 17.5. The number of halogens is 1. The molecule has 0 aromatic heterocycles. The standard InChI is InChI=1S/C18H14IN3O5S/c1-2-27-13-5-3-11(4-6-13)20-18-21-17(24)15(28-18)8-10-7-12(22(25)26)9-14(19)16(10)23/h3-9,23H,2H2,1H3,(H,20,21,24)/b15-8+. The number of nitrogens with one attached hydrogen (secondary N) is 1. The molecule has 2 N–H and O–H groups in total. The van der Waals surface area contributed by atoms with Crippen LogP contribution in [0.1, 0.15) is 12.5 Å². The molecule has 1 saturated heterocycles. The van der Waals surface area contributed by atoms with Gasteiger partial charge in [-0.25, -0.2) is 4.99 Å². The number of nitro groups is 1. The van der Waals surface area contributed by atoms with Gasteiger partial charge in [0.15, 0.2) is 5.17 Å². The van der Waals surface area contributed by atoms with Crippen LogP contribution in [0.15, 0.2) is 46.3 Å². The first-order valence-electron chi connectivity index (χ1n) is 8.06. The first kappa shape index (κ1) is 20.1. The summed E-state index contributed by atoms with van der Waals surface area (Å²) in [7, 11) is 0. The molecular weight excluding hydrogens is 497 g/mol. The van der Waals surface area contributed by atoms with Gasteiger partial charge in [0.05, 0.1) is 25.7 Å². The molecule has 3 rings (SSSR count). The molecule has 1 amide bonds. The molecule has 0 unspecified atom stereocenters. The molecular formula is C18H14IN3O5S. The second kappa shape index (κ2) is 8.61. The van der Waals surface area contributed by atoms with Crippen molar-refractivity contribution in [2.24, 2.45) is 4.99 Å². The van der Waals surface area contributed by atoms with Crippen molar-refractivity contribution in [1.29, 1.82) is 0 Å². The van der Waals surface area contributed by atoms with Gasteiger partial charge in [-0.05, 0) is 71.6 Å². The molecule has 1 aliphatic rings. The Balaban J connectivity index is 1.85. The number of amidine groups is 1. The van der Waals surface area contributed by atoms with Crippen LogP contribution in [0, 0.1) is 13.7 Å². The van der Waals surface area contributed by atoms with Gasteiger partial charge < -0.3 is 15.2 Å². The van der Waals surface area contributed by atoms with Crippen LogP contribution in [0.2, 0.25) is 0 Å². The van der Waals surface area contributed by atoms with Crippen LogP contribution in [-0.4, -0.2) is 27.7 Å². The maximum Gasteiger partial charge on any atom is 0.271 e. The quantitative estimate of drug-likeness (QED) is 0.269. The van der Waals surface area contributed by atoms with Crippen molar-refractivity contribution in [3.8, 4) is 11.5 Å². The number of rotatable bonds is 5. The summed E-state index contributed by atoms with van der Waals surface area (Å²) in [5, 5.41) is 24.2. The zero-order chi connectivity index (χ0) is 20.3. The number of aliphatic imine (C=N–C) groups is 1. The van der Waals surface area contributed by atoms with Gasteiger partial charge in [-0.3, -0.25) is 14.9 Å². The van der Waals surface area contributed by atoms with E-state index in [1.807, 2.05) is 6.92 Å². The molecule has 0 radical (unpaired) electrons. The summed E-state index contributed by atoms with van der Waals surface area (Å²) in [5.74, 6) is 0.213. The van der Waals surface area contributed by atoms with Crippen molar-refractivity contribution in [2.75, 3.05) is 6.61 Å². The smallest absolute Gasteiger partial charge is 0.271 e. The van der Waals surface area contributed by atoms with E-state index < -0.39 is 10.8 Å². The summed E-state index contributed by atoms with van der Waals surface area (Å²) in [6, 6.07) is 9.58. The van der Waals surface area contributed by atoms with E-state index >= 15 is 0 Å². The number of carbonyl (C=O) groups excluding carboxylic acids is 1. The average Bonchev–Trinajstić information content (AvgIpc) is 2.99. The lowest BCUT2D eigenvalue weighted by molar-refractivity contribution is -0.385. The lowest BCUT2D eigenvalue weighted by Crippen LogP contribution is -2.19. The van der Waals surface area contributed by atoms with Crippen molar-refractivity contribution >= 4 is 62.9 Å². The van der Waals surface area contributed by atoms with Crippen LogP contribution in [0.25, 0.3) is 6.08 Å². The van der Waals surface area contributed by atoms with E-state index in [9.17, 15) is 20.0 Å². The van der Waals surface area contributed by atoms with Gasteiger partial charge in [-0.2, -0.15) is 0 Å². The number of hydrogen-bond acceptors (Lipinski definition) is 7. The van der Waals surface area contributed by atoms with Crippen molar-refractivity contribution in [3.05, 3.63) is 60.6 Å². The Kier molecular flexibility index (Phi) is 6.19. The van der Waals surface area contributed by atoms with Gasteiger partial charge in [-0.1, -0.05) is 0 Å². The fourth-order valence-electron chi connectivity index (χ4n) is 2.34. The minimum Gasteiger partial charge on any atom is -0.506 e. The third-order valence-corrected chi connectivity index (χ3v) is 5.34. The lowest BCUT2D eigenvalue weighted by Gasteiger charge is -2.03. The molecule has 144 valence electrons. The molecule has 8 nitrogen and oxygen atoms in total. The van der Waals surface area contributed by atoms with E-state index in [4.69, 9.17) is 4.74 Å². The SMILES string of the molecule is CCOc1ccc(N=C2NC(=O)/C(=C\c3cc([N+](=O)[O-])cc(I)c3O)S2)cc1. The molecule has 28 heavy (non-hydrogen) atoms. The molecule has 1 fully saturated rings. The summed E-state index contributed by atoms with van der Waals surface area (Å²) < 4.78 is 5.70. The summed E-state index contributed by atoms with van der Waals surface area (Å²) in [6.07, 6.45) is 1.41. The third kappa shape index (κ3) is 4.62. The van der Waals surface area contributed by atoms with Gasteiger partial charge in [0, 0.05) is 17.7 Å². The number of ether oxygens (including phenoxy) is 1. The maximum atomic E-state index is 12.2. The number of phenols is 1. The van der Waals surface area contributed by atoms with E-state index in [0.29, 0.717) is 21.0 Å². The van der Waals surface area contributed by atoms with Gasteiger partial charge in [0.1, 0.15) is 11.5 Å². The van der Waals surface area contributed by atoms with Crippen LogP contribution >= 0.6 is 34.4 Å². The number of nitrogens with zero attached hydrogens (tertiary/aromatic N) is 2. The lowest BCUT2D eigenvalue weighted by atomic mass is 10.1. The number of hydrogen-bond donors (Lipinski definition) is 2. The fraction of sp³-hybridized carbons (Fsp3) is 0.111. The Morgan fingerprint density at radius 1 is 1.36 bits per heavy atom. The predicted octanol–water partition coefficient (Wildman–Crippen LogP) is 4.20. The highest BCUT2D eigenvalue weighted by Crippen LogP contribution is 2.34. The van der Waals surface area contributed by atoms with Gasteiger partial charge >= 0.3 is 0 Å². The van der Waals surface area contributed by atoms with Crippen molar-refractivity contribution in [2.45, 2.75) is 6.92 Å². The zero-order valence-electron chi connectivity index (χ0n) is 14.5. The molecule has 0 aliphatic carbocycles. The van der Waals surface area contributed by atoms with Crippen molar-refractivity contribution < 1.29 is 19.6 Å². The fourth-order valence-corrected chi connectivity index (χ4v) is 3.81. The topological polar surface area (TPSA) is 114 Å². The Labute approximate surface area is 178 Å². The number of nitro benzene ring substituents is 1. The van der Waals surface area contributed by atoms with Crippen LogP contribution in [0.5, 0.6) is 11.5 Å². The summed E-state index contributed by atoms with van der Waals surface area (Å²) in [5.41, 5.74) is 0.666. The Morgan fingerprint density at radius 2 is 2.07 bits per heavy atom. The van der Waals surface area contributed by atoms with E-state index in [1.165, 1.54) is 18.2 Å². The number of aromatic hydroxyl groups is 1. The molecule has 1 aliphatic heterocycles. The van der Waals surface area contributed by atoms with Gasteiger partial charge in [0.25, 0.3) is 11.6 Å². The Morgan fingerprint density at radius 3 is 2.71 bits per heavy atom. The van der Waals surface area contributed by atoms with E-state index in [1.54, 1.807) is 46.9 Å². The highest BCUT2D eigenvalue weighted by atomic mass is 127. The van der Waals surface area contributed by atoms with E-state index in [0.717, 1.165) is 17.5 Å². The maximum absolute atomic E-state index is 12.2. The van der Waals surface area contributed by atoms with Crippen LogP contribution in [0.3, 0.4) is 0 Å². The Hall–Kier alpha value is -2.60. The number of thioether (sulfide) groups is 1. The van der Waals surface area contributed by atoms with E-state index in [2.05, 4.69) is 10.3 Å². The minimum absolute atomic E-state index is 0.121. The summed E-state index contributed by atoms with van der Waals surface area (Å²) >= 11 is 2.89. The normalized spacial score (nSPS) is 16.4. The second-order valence-corrected chi connectivity index (χ2v) is 7.72. The Bertz CT molecular complexity index is 1010. The highest BCUT2D eigenvalue weighted by molar-refractivity contribution is 14.1. The predicted molar refractivity (Wildman–Crippen MR) is 116 cm³/mol. The van der Waals surface area contributed by atoms with Gasteiger partial charge in [-0.15, -0.1) is 0 Å². The number of amides is 1. The third-order valence-electron chi connectivity index (χ3n) is 3.60. The molecule has 1 heterocycles. The monoisotopic (exact) mass is 511 g/mol. The number of carbonyl (C=O) groups is 1. The van der Waals surface area contributed by atoms with Crippen LogP contribution < -0.4 is 10.1 Å². The molecule has 2 aromatic carbocycles. The first-order chi connectivity index (χ1) is 13.4. The van der Waals surface area contributed by atoms with E-state index in [-0.39, 0.29) is 21.9 Å². The van der Waals surface area contributed by atoms with Crippen molar-refractivity contribution in [1.82, 2.24) is 5.32 Å². The molecule has 0 atom stereocenters. The van der Waals surface area contributed by atoms with Gasteiger partial charge in [0.2, 0.25) is 0 Å². The number of phenolic OH excluding ortho intramolecular Hbond substituents is 1. The number of non-ortho nitro benzene ring substituents is 1. The minimum atomic E-state index is -0.551. The van der Waals surface area contributed by atoms with Crippen LogP contribution in [0.4, 0.5) is 11.4 Å². The summed E-state index contributed by atoms with van der Waals surface area (Å²) in [4.78, 5) is 27.3. The molecule has 2 aromatic rings. The average molecular weight is 511 g/mol. The van der Waals surface area contributed by atoms with Crippen LogP contribution in [-0.2, 0) is 4.79 Å². The molecule has 0 bridgehead atoms. The second-order valence-electron chi connectivity index (χ2n) is 5.53. The highest BCUT2D eigenvalue weighted by Gasteiger charge is 2.25. The molecule has 0 spiro atoms. The molecule has 0 saturated carbocycles. The number of benzene rings is 2. The first-order valence-corrected chi connectivity index (χ1v) is 9.96.